The molecule has 2 aromatic rings. The number of carboxylic acids is 3. The van der Waals surface area contributed by atoms with E-state index in [0.717, 1.165) is 17.7 Å². The summed E-state index contributed by atoms with van der Waals surface area (Å²) < 4.78 is 0. The lowest BCUT2D eigenvalue weighted by molar-refractivity contribution is -0.159. The van der Waals surface area contributed by atoms with Crippen LogP contribution < -0.4 is 0 Å². The third kappa shape index (κ3) is 10.7. The quantitative estimate of drug-likeness (QED) is 0.483. The van der Waals surface area contributed by atoms with Crippen LogP contribution in [0, 0.1) is 5.92 Å². The van der Waals surface area contributed by atoms with Gasteiger partial charge in [-0.2, -0.15) is 0 Å². The molecule has 178 valence electrons. The number of aliphatic carboxylic acids is 3. The molecule has 0 aromatic heterocycles. The highest BCUT2D eigenvalue weighted by Gasteiger charge is 2.37. The molecule has 0 aliphatic heterocycles. The Hall–Kier alpha value is -3.27. The van der Waals surface area contributed by atoms with Crippen molar-refractivity contribution < 1.29 is 40.3 Å². The van der Waals surface area contributed by atoms with Crippen LogP contribution in [0.4, 0.5) is 0 Å². The van der Waals surface area contributed by atoms with Crippen molar-refractivity contribution in [1.29, 1.82) is 0 Å². The minimum absolute atomic E-state index is 0. The van der Waals surface area contributed by atoms with E-state index in [4.69, 9.17) is 24.9 Å². The zero-order valence-electron chi connectivity index (χ0n) is 18.7. The fraction of sp³-hybridized carbons (Fsp3) is 0.348. The second-order valence-corrected chi connectivity index (χ2v) is 7.02. The normalized spacial score (nSPS) is 10.9. The van der Waals surface area contributed by atoms with Gasteiger partial charge in [0.2, 0.25) is 0 Å². The lowest BCUT2D eigenvalue weighted by atomic mass is 9.76. The van der Waals surface area contributed by atoms with Crippen LogP contribution in [0.5, 0.6) is 0 Å². The third-order valence-corrected chi connectivity index (χ3v) is 4.27. The zero-order valence-corrected chi connectivity index (χ0v) is 18.7. The summed E-state index contributed by atoms with van der Waals surface area (Å²) in [6.45, 7) is 4.52. The van der Waals surface area contributed by atoms with Gasteiger partial charge in [-0.25, -0.2) is 9.59 Å². The maximum atomic E-state index is 11.4. The number of hydrogen-bond acceptors (Lipinski definition) is 5. The van der Waals surface area contributed by atoms with Crippen LogP contribution >= 0.6 is 0 Å². The van der Waals surface area contributed by atoms with Gasteiger partial charge in [0, 0.05) is 18.9 Å². The van der Waals surface area contributed by atoms with Crippen molar-refractivity contribution in [2.75, 3.05) is 20.6 Å². The highest BCUT2D eigenvalue weighted by atomic mass is 16.4. The minimum atomic E-state index is -1.82. The summed E-state index contributed by atoms with van der Waals surface area (Å²) in [6, 6.07) is 19.9. The molecule has 1 unspecified atom stereocenters. The molecule has 0 heterocycles. The summed E-state index contributed by atoms with van der Waals surface area (Å²) in [7, 11) is 4.07. The smallest absolute Gasteiger partial charge is 0.414 e. The maximum Gasteiger partial charge on any atom is 0.414 e. The zero-order chi connectivity index (χ0) is 24.0. The summed E-state index contributed by atoms with van der Waals surface area (Å²) >= 11 is 0. The van der Waals surface area contributed by atoms with Gasteiger partial charge >= 0.3 is 17.9 Å². The maximum absolute atomic E-state index is 11.4. The van der Waals surface area contributed by atoms with Crippen molar-refractivity contribution in [2.45, 2.75) is 25.9 Å². The van der Waals surface area contributed by atoms with Gasteiger partial charge in [0.1, 0.15) is 5.60 Å². The fourth-order valence-corrected chi connectivity index (χ4v) is 2.80. The molecule has 2 rings (SSSR count). The van der Waals surface area contributed by atoms with Gasteiger partial charge in [-0.3, -0.25) is 4.79 Å². The van der Waals surface area contributed by atoms with Gasteiger partial charge in [0.15, 0.2) is 0 Å². The average Bonchev–Trinajstić information content (AvgIpc) is 2.74. The first-order chi connectivity index (χ1) is 14.5. The topological polar surface area (TPSA) is 167 Å². The van der Waals surface area contributed by atoms with Crippen molar-refractivity contribution in [3.8, 4) is 0 Å². The lowest BCUT2D eigenvalue weighted by Gasteiger charge is -2.36. The number of carbonyl (C=O) groups is 3. The summed E-state index contributed by atoms with van der Waals surface area (Å²) in [5, 5.41) is 33.9. The first-order valence-corrected chi connectivity index (χ1v) is 9.62. The predicted molar refractivity (Wildman–Crippen MR) is 120 cm³/mol. The Bertz CT molecular complexity index is 758. The molecule has 0 spiro atoms. The van der Waals surface area contributed by atoms with Crippen molar-refractivity contribution in [3.63, 3.8) is 0 Å². The van der Waals surface area contributed by atoms with Gasteiger partial charge in [-0.15, -0.1) is 0 Å². The van der Waals surface area contributed by atoms with Crippen LogP contribution in [0.15, 0.2) is 60.7 Å². The monoisotopic (exact) mass is 451 g/mol. The van der Waals surface area contributed by atoms with Gasteiger partial charge in [0.25, 0.3) is 0 Å². The Morgan fingerprint density at radius 2 is 1.16 bits per heavy atom. The molecule has 0 aliphatic rings. The van der Waals surface area contributed by atoms with Gasteiger partial charge in [-0.05, 0) is 25.2 Å². The first kappa shape index (κ1) is 30.9. The number of nitrogens with zero attached hydrogens (tertiary/aromatic N) is 1. The molecular formula is C23H33NO8. The molecule has 0 saturated carbocycles. The molecule has 0 bridgehead atoms. The average molecular weight is 452 g/mol. The van der Waals surface area contributed by atoms with Crippen LogP contribution in [-0.2, 0) is 20.0 Å². The van der Waals surface area contributed by atoms with E-state index in [0.29, 0.717) is 0 Å². The third-order valence-electron chi connectivity index (χ3n) is 4.27. The van der Waals surface area contributed by atoms with Gasteiger partial charge in [-0.1, -0.05) is 74.5 Å². The van der Waals surface area contributed by atoms with Crippen LogP contribution in [0.2, 0.25) is 0 Å². The summed E-state index contributed by atoms with van der Waals surface area (Å²) in [4.78, 5) is 29.7. The highest BCUT2D eigenvalue weighted by molar-refractivity contribution is 6.27. The number of carboxylic acid groups (broad SMARTS) is 3. The number of aliphatic hydroxyl groups is 1. The van der Waals surface area contributed by atoms with Gasteiger partial charge in [0.05, 0.1) is 0 Å². The molecule has 0 amide bonds. The standard InChI is InChI=1S/C18H23NO.C3H6O2.C2H2O4.H2O/c1-15(14-19(2)3)18(20,16-10-6-4-7-11-16)17-12-8-5-9-13-17;1-2-3(4)5;3-1(4)2(5)6;/h4-13,15,20H,14H2,1-3H3;2H2,1H3,(H,4,5);(H,3,4)(H,5,6);1H2. The molecular weight excluding hydrogens is 418 g/mol. The molecule has 1 atom stereocenters. The number of rotatable bonds is 6. The fourth-order valence-electron chi connectivity index (χ4n) is 2.80. The predicted octanol–water partition coefficient (Wildman–Crippen LogP) is 1.93. The molecule has 0 aliphatic carbocycles. The Labute approximate surface area is 187 Å². The molecule has 9 nitrogen and oxygen atoms in total. The molecule has 32 heavy (non-hydrogen) atoms. The summed E-state index contributed by atoms with van der Waals surface area (Å²) in [5.41, 5.74) is 0.924. The molecule has 0 saturated heterocycles. The number of hydrogen-bond donors (Lipinski definition) is 4. The van der Waals surface area contributed by atoms with Crippen molar-refractivity contribution in [2.24, 2.45) is 5.92 Å². The summed E-state index contributed by atoms with van der Waals surface area (Å²) in [5.74, 6) is -4.31. The number of benzene rings is 2. The van der Waals surface area contributed by atoms with Crippen LogP contribution in [-0.4, -0.2) is 69.4 Å². The molecule has 0 radical (unpaired) electrons. The van der Waals surface area contributed by atoms with E-state index in [1.807, 2.05) is 74.8 Å². The molecule has 9 heteroatoms. The van der Waals surface area contributed by atoms with Gasteiger partial charge < -0.3 is 30.8 Å². The molecule has 2 aromatic carbocycles. The summed E-state index contributed by atoms with van der Waals surface area (Å²) in [6.07, 6.45) is 0.222. The lowest BCUT2D eigenvalue weighted by Crippen LogP contribution is -2.40. The van der Waals surface area contributed by atoms with E-state index in [-0.39, 0.29) is 17.8 Å². The van der Waals surface area contributed by atoms with Crippen LogP contribution in [0.3, 0.4) is 0 Å². The Balaban J connectivity index is 0. The van der Waals surface area contributed by atoms with Crippen molar-refractivity contribution in [3.05, 3.63) is 71.8 Å². The largest absolute Gasteiger partial charge is 0.481 e. The minimum Gasteiger partial charge on any atom is -0.481 e. The molecule has 0 fully saturated rings. The Morgan fingerprint density at radius 3 is 1.38 bits per heavy atom. The SMILES string of the molecule is CC(CN(C)C)C(O)(c1ccccc1)c1ccccc1.CCC(=O)O.O.O=C(O)C(=O)O. The van der Waals surface area contributed by atoms with E-state index in [2.05, 4.69) is 11.8 Å². The highest BCUT2D eigenvalue weighted by Crippen LogP contribution is 2.36. The van der Waals surface area contributed by atoms with Crippen molar-refractivity contribution >= 4 is 17.9 Å². The van der Waals surface area contributed by atoms with Crippen molar-refractivity contribution in [1.82, 2.24) is 4.90 Å². The van der Waals surface area contributed by atoms with E-state index in [1.165, 1.54) is 0 Å². The Morgan fingerprint density at radius 1 is 0.844 bits per heavy atom. The first-order valence-electron chi connectivity index (χ1n) is 9.62. The van der Waals surface area contributed by atoms with E-state index >= 15 is 0 Å². The molecule has 6 N–H and O–H groups in total. The Kier molecular flexibility index (Phi) is 15.0. The van der Waals surface area contributed by atoms with E-state index < -0.39 is 23.5 Å². The second kappa shape index (κ2) is 15.5. The van der Waals surface area contributed by atoms with E-state index in [1.54, 1.807) is 6.92 Å². The second-order valence-electron chi connectivity index (χ2n) is 7.02. The van der Waals surface area contributed by atoms with Crippen LogP contribution in [0.1, 0.15) is 31.4 Å². The van der Waals surface area contributed by atoms with E-state index in [9.17, 15) is 9.90 Å². The van der Waals surface area contributed by atoms with Crippen LogP contribution in [0.25, 0.3) is 0 Å².